The van der Waals surface area contributed by atoms with Crippen LogP contribution in [0.25, 0.3) is 10.8 Å². The summed E-state index contributed by atoms with van der Waals surface area (Å²) in [6.45, 7) is 0. The Balaban J connectivity index is 2.15. The van der Waals surface area contributed by atoms with E-state index in [1.807, 2.05) is 42.5 Å². The molecule has 2 aromatic rings. The van der Waals surface area contributed by atoms with E-state index in [1.165, 1.54) is 0 Å². The Morgan fingerprint density at radius 3 is 2.50 bits per heavy atom. The van der Waals surface area contributed by atoms with E-state index in [0.717, 1.165) is 16.3 Å². The number of nitrogens with zero attached hydrogens (tertiary/aromatic N) is 1. The molecule has 4 nitrogen and oxygen atoms in total. The molecule has 2 rings (SSSR count). The minimum absolute atomic E-state index is 0.212. The van der Waals surface area contributed by atoms with Crippen LogP contribution in [0.2, 0.25) is 0 Å². The second-order valence-corrected chi connectivity index (χ2v) is 4.03. The lowest BCUT2D eigenvalue weighted by Gasteiger charge is -2.03. The van der Waals surface area contributed by atoms with Crippen molar-refractivity contribution in [3.8, 4) is 0 Å². The number of hydrogen-bond donors (Lipinski definition) is 2. The molecule has 0 spiro atoms. The number of aliphatic carboxylic acids is 1. The Labute approximate surface area is 104 Å². The second-order valence-electron chi connectivity index (χ2n) is 4.03. The van der Waals surface area contributed by atoms with Gasteiger partial charge in [-0.05, 0) is 22.8 Å². The number of hydrogen-bond acceptors (Lipinski definition) is 3. The molecule has 18 heavy (non-hydrogen) atoms. The molecule has 0 bridgehead atoms. The van der Waals surface area contributed by atoms with Gasteiger partial charge in [0, 0.05) is 6.42 Å². The van der Waals surface area contributed by atoms with Crippen LogP contribution >= 0.6 is 0 Å². The zero-order valence-corrected chi connectivity index (χ0v) is 9.71. The highest BCUT2D eigenvalue weighted by Crippen LogP contribution is 2.16. The number of carbonyl (C=O) groups is 1. The average molecular weight is 243 g/mol. The minimum atomic E-state index is -1.18. The Morgan fingerprint density at radius 1 is 1.11 bits per heavy atom. The van der Waals surface area contributed by atoms with Crippen LogP contribution in [-0.4, -0.2) is 22.0 Å². The van der Waals surface area contributed by atoms with Gasteiger partial charge in [0.25, 0.3) is 0 Å². The predicted octanol–water partition coefficient (Wildman–Crippen LogP) is 2.69. The van der Waals surface area contributed by atoms with Crippen molar-refractivity contribution in [2.45, 2.75) is 12.8 Å². The fourth-order valence-corrected chi connectivity index (χ4v) is 1.86. The molecular formula is C14H13NO3. The topological polar surface area (TPSA) is 69.9 Å². The largest absolute Gasteiger partial charge is 0.477 e. The molecule has 2 N–H and O–H groups in total. The number of rotatable bonds is 4. The zero-order valence-electron chi connectivity index (χ0n) is 9.71. The molecule has 0 radical (unpaired) electrons. The number of carboxylic acids is 1. The molecule has 0 aliphatic heterocycles. The van der Waals surface area contributed by atoms with Crippen molar-refractivity contribution in [2.75, 3.05) is 0 Å². The van der Waals surface area contributed by atoms with Crippen molar-refractivity contribution in [3.05, 3.63) is 48.0 Å². The summed E-state index contributed by atoms with van der Waals surface area (Å²) in [5, 5.41) is 22.3. The molecule has 0 fully saturated rings. The Hall–Kier alpha value is -2.36. The third-order valence-corrected chi connectivity index (χ3v) is 2.83. The van der Waals surface area contributed by atoms with Crippen LogP contribution in [0.15, 0.2) is 47.6 Å². The smallest absolute Gasteiger partial charge is 0.353 e. The number of fused-ring (bicyclic) bond motifs is 1. The molecule has 0 aromatic heterocycles. The van der Waals surface area contributed by atoms with Crippen LogP contribution in [0, 0.1) is 0 Å². The van der Waals surface area contributed by atoms with E-state index in [0.29, 0.717) is 6.42 Å². The van der Waals surface area contributed by atoms with Crippen LogP contribution in [0.4, 0.5) is 0 Å². The Morgan fingerprint density at radius 2 is 1.83 bits per heavy atom. The summed E-state index contributed by atoms with van der Waals surface area (Å²) >= 11 is 0. The van der Waals surface area contributed by atoms with Gasteiger partial charge in [-0.15, -0.1) is 0 Å². The van der Waals surface area contributed by atoms with Gasteiger partial charge in [0.05, 0.1) is 0 Å². The minimum Gasteiger partial charge on any atom is -0.477 e. The van der Waals surface area contributed by atoms with Crippen LogP contribution in [0.1, 0.15) is 12.0 Å². The summed E-state index contributed by atoms with van der Waals surface area (Å²) in [4.78, 5) is 10.7. The maximum absolute atomic E-state index is 10.7. The summed E-state index contributed by atoms with van der Waals surface area (Å²) in [6, 6.07) is 14.0. The third-order valence-electron chi connectivity index (χ3n) is 2.83. The molecule has 0 saturated carbocycles. The van der Waals surface area contributed by atoms with E-state index in [4.69, 9.17) is 10.3 Å². The van der Waals surface area contributed by atoms with Crippen LogP contribution in [0.5, 0.6) is 0 Å². The first-order valence-corrected chi connectivity index (χ1v) is 5.62. The molecule has 4 heteroatoms. The van der Waals surface area contributed by atoms with Crippen molar-refractivity contribution in [1.82, 2.24) is 0 Å². The Kier molecular flexibility index (Phi) is 3.57. The molecule has 0 saturated heterocycles. The van der Waals surface area contributed by atoms with E-state index in [2.05, 4.69) is 5.16 Å². The highest BCUT2D eigenvalue weighted by Gasteiger charge is 2.09. The number of carboxylic acid groups (broad SMARTS) is 1. The molecule has 0 aliphatic rings. The molecule has 2 aromatic carbocycles. The summed E-state index contributed by atoms with van der Waals surface area (Å²) < 4.78 is 0. The second kappa shape index (κ2) is 5.31. The van der Waals surface area contributed by atoms with E-state index in [9.17, 15) is 4.79 Å². The Bertz CT molecular complexity index is 605. The first-order chi connectivity index (χ1) is 8.70. The van der Waals surface area contributed by atoms with Gasteiger partial charge in [-0.25, -0.2) is 4.79 Å². The molecule has 0 heterocycles. The van der Waals surface area contributed by atoms with Crippen LogP contribution < -0.4 is 0 Å². The van der Waals surface area contributed by atoms with Crippen molar-refractivity contribution >= 4 is 22.5 Å². The summed E-state index contributed by atoms with van der Waals surface area (Å²) in [5.74, 6) is -1.18. The molecule has 0 aliphatic carbocycles. The first kappa shape index (κ1) is 12.1. The van der Waals surface area contributed by atoms with E-state index in [-0.39, 0.29) is 12.1 Å². The molecule has 92 valence electrons. The van der Waals surface area contributed by atoms with Crippen molar-refractivity contribution in [2.24, 2.45) is 5.16 Å². The van der Waals surface area contributed by atoms with Gasteiger partial charge in [0.1, 0.15) is 0 Å². The van der Waals surface area contributed by atoms with E-state index < -0.39 is 5.97 Å². The summed E-state index contributed by atoms with van der Waals surface area (Å²) in [5.41, 5.74) is 0.805. The van der Waals surface area contributed by atoms with Gasteiger partial charge in [-0.3, -0.25) is 0 Å². The van der Waals surface area contributed by atoms with E-state index in [1.54, 1.807) is 0 Å². The lowest BCUT2D eigenvalue weighted by Crippen LogP contribution is -2.13. The van der Waals surface area contributed by atoms with Crippen molar-refractivity contribution < 1.29 is 15.1 Å². The molecule has 0 amide bonds. The zero-order chi connectivity index (χ0) is 13.0. The SMILES string of the molecule is O=C(O)/C(CCc1ccc2ccccc2c1)=N\O. The molecular weight excluding hydrogens is 230 g/mol. The van der Waals surface area contributed by atoms with Gasteiger partial charge in [-0.1, -0.05) is 47.6 Å². The van der Waals surface area contributed by atoms with Crippen molar-refractivity contribution in [1.29, 1.82) is 0 Å². The van der Waals surface area contributed by atoms with Crippen molar-refractivity contribution in [3.63, 3.8) is 0 Å². The molecule has 0 unspecified atom stereocenters. The maximum Gasteiger partial charge on any atom is 0.353 e. The lowest BCUT2D eigenvalue weighted by atomic mass is 10.0. The number of aryl methyl sites for hydroxylation is 1. The van der Waals surface area contributed by atoms with Crippen LogP contribution in [-0.2, 0) is 11.2 Å². The first-order valence-electron chi connectivity index (χ1n) is 5.62. The maximum atomic E-state index is 10.7. The number of benzene rings is 2. The highest BCUT2D eigenvalue weighted by atomic mass is 16.4. The van der Waals surface area contributed by atoms with E-state index >= 15 is 0 Å². The highest BCUT2D eigenvalue weighted by molar-refractivity contribution is 6.35. The van der Waals surface area contributed by atoms with Gasteiger partial charge in [0.2, 0.25) is 0 Å². The fourth-order valence-electron chi connectivity index (χ4n) is 1.86. The quantitative estimate of drug-likeness (QED) is 0.492. The third kappa shape index (κ3) is 2.66. The normalized spacial score (nSPS) is 11.7. The monoisotopic (exact) mass is 243 g/mol. The average Bonchev–Trinajstić information content (AvgIpc) is 2.39. The summed E-state index contributed by atoms with van der Waals surface area (Å²) in [7, 11) is 0. The predicted molar refractivity (Wildman–Crippen MR) is 69.1 cm³/mol. The van der Waals surface area contributed by atoms with Gasteiger partial charge >= 0.3 is 5.97 Å². The number of oxime groups is 1. The van der Waals surface area contributed by atoms with Gasteiger partial charge < -0.3 is 10.3 Å². The lowest BCUT2D eigenvalue weighted by molar-refractivity contribution is -0.129. The van der Waals surface area contributed by atoms with Gasteiger partial charge in [0.15, 0.2) is 5.71 Å². The fraction of sp³-hybridized carbons (Fsp3) is 0.143. The van der Waals surface area contributed by atoms with Crippen LogP contribution in [0.3, 0.4) is 0 Å². The standard InChI is InChI=1S/C14H13NO3/c16-14(17)13(15-18)8-6-10-5-7-11-3-1-2-4-12(11)9-10/h1-5,7,9,18H,6,8H2,(H,16,17)/b15-13-. The molecule has 0 atom stereocenters. The van der Waals surface area contributed by atoms with Gasteiger partial charge in [-0.2, -0.15) is 0 Å². The summed E-state index contributed by atoms with van der Waals surface area (Å²) in [6.07, 6.45) is 0.751.